The van der Waals surface area contributed by atoms with Crippen molar-refractivity contribution in [3.63, 3.8) is 0 Å². The molecule has 5 nitrogen and oxygen atoms in total. The molecule has 1 aromatic rings. The molecule has 0 fully saturated rings. The van der Waals surface area contributed by atoms with E-state index in [-0.39, 0.29) is 29.2 Å². The lowest BCUT2D eigenvalue weighted by Crippen LogP contribution is -2.28. The Bertz CT molecular complexity index is 715. The highest BCUT2D eigenvalue weighted by molar-refractivity contribution is 8.05. The fraction of sp³-hybridized carbons (Fsp3) is 0.562. The normalized spacial score (nSPS) is 21.2. The number of hydrogen-bond acceptors (Lipinski definition) is 5. The third kappa shape index (κ3) is 4.18. The smallest absolute Gasteiger partial charge is 0.199 e. The second-order valence-corrected chi connectivity index (χ2v) is 8.58. The van der Waals surface area contributed by atoms with E-state index >= 15 is 0 Å². The number of sulfone groups is 1. The van der Waals surface area contributed by atoms with Gasteiger partial charge >= 0.3 is 0 Å². The van der Waals surface area contributed by atoms with Gasteiger partial charge in [0, 0.05) is 12.0 Å². The van der Waals surface area contributed by atoms with Crippen LogP contribution < -0.4 is 4.74 Å². The van der Waals surface area contributed by atoms with Crippen LogP contribution in [-0.4, -0.2) is 31.0 Å². The maximum Gasteiger partial charge on any atom is 0.199 e. The van der Waals surface area contributed by atoms with Gasteiger partial charge in [0.05, 0.1) is 17.7 Å². The highest BCUT2D eigenvalue weighted by Gasteiger charge is 2.39. The van der Waals surface area contributed by atoms with Gasteiger partial charge in [0.25, 0.3) is 0 Å². The monoisotopic (exact) mass is 359 g/mol. The number of benzene rings is 1. The zero-order valence-corrected chi connectivity index (χ0v) is 15.4. The van der Waals surface area contributed by atoms with Gasteiger partial charge in [-0.05, 0) is 33.3 Å². The van der Waals surface area contributed by atoms with Crippen molar-refractivity contribution in [1.82, 2.24) is 0 Å². The molecule has 1 aliphatic rings. The molecule has 1 heterocycles. The van der Waals surface area contributed by atoms with E-state index < -0.39 is 15.4 Å². The summed E-state index contributed by atoms with van der Waals surface area (Å²) in [5, 5.41) is 3.78. The Hall–Kier alpha value is -1.27. The van der Waals surface area contributed by atoms with E-state index in [0.29, 0.717) is 11.3 Å². The van der Waals surface area contributed by atoms with E-state index in [4.69, 9.17) is 21.2 Å². The van der Waals surface area contributed by atoms with Crippen LogP contribution in [0.5, 0.6) is 5.75 Å². The van der Waals surface area contributed by atoms with E-state index in [2.05, 4.69) is 5.16 Å². The van der Waals surface area contributed by atoms with Gasteiger partial charge in [0.15, 0.2) is 20.5 Å². The van der Waals surface area contributed by atoms with Gasteiger partial charge in [-0.3, -0.25) is 0 Å². The van der Waals surface area contributed by atoms with Crippen molar-refractivity contribution in [2.45, 2.75) is 51.6 Å². The third-order valence-electron chi connectivity index (χ3n) is 3.53. The van der Waals surface area contributed by atoms with Gasteiger partial charge < -0.3 is 9.57 Å². The lowest BCUT2D eigenvalue weighted by atomic mass is 10.1. The van der Waals surface area contributed by atoms with Crippen molar-refractivity contribution in [2.75, 3.05) is 5.88 Å². The summed E-state index contributed by atoms with van der Waals surface area (Å²) in [5.41, 5.74) is 0.774. The second kappa shape index (κ2) is 6.69. The van der Waals surface area contributed by atoms with Crippen LogP contribution >= 0.6 is 11.6 Å². The highest BCUT2D eigenvalue weighted by Crippen LogP contribution is 2.31. The van der Waals surface area contributed by atoms with Crippen molar-refractivity contribution in [3.05, 3.63) is 29.3 Å². The van der Waals surface area contributed by atoms with Gasteiger partial charge in [-0.25, -0.2) is 8.42 Å². The maximum atomic E-state index is 12.6. The molecule has 2 rings (SSSR count). The van der Waals surface area contributed by atoms with Crippen molar-refractivity contribution < 1.29 is 18.0 Å². The first-order valence-corrected chi connectivity index (χ1v) is 9.64. The molecule has 1 aromatic carbocycles. The summed E-state index contributed by atoms with van der Waals surface area (Å²) in [4.78, 5) is 5.19. The molecule has 128 valence electrons. The molecular formula is C16H22ClNO4S. The number of aryl methyl sites for hydroxylation is 1. The molecule has 0 aliphatic carbocycles. The molecule has 1 unspecified atom stereocenters. The van der Waals surface area contributed by atoms with Crippen LogP contribution in [-0.2, 0) is 20.4 Å². The Balaban J connectivity index is 2.27. The number of halogens is 1. The van der Waals surface area contributed by atoms with Crippen molar-refractivity contribution in [3.8, 4) is 5.75 Å². The van der Waals surface area contributed by atoms with Crippen molar-refractivity contribution in [1.29, 1.82) is 0 Å². The molecular weight excluding hydrogens is 338 g/mol. The Kier molecular flexibility index (Phi) is 5.26. The SMILES string of the molecule is Cc1cccc(CS(=O)(=O)C2=NOC(C)(CCl)C2)c1OC(C)C. The molecule has 0 saturated heterocycles. The van der Waals surface area contributed by atoms with Gasteiger partial charge in [0.2, 0.25) is 0 Å². The van der Waals surface area contributed by atoms with Crippen LogP contribution in [0.2, 0.25) is 0 Å². The van der Waals surface area contributed by atoms with Gasteiger partial charge in [-0.2, -0.15) is 0 Å². The second-order valence-electron chi connectivity index (χ2n) is 6.33. The maximum absolute atomic E-state index is 12.6. The molecule has 7 heteroatoms. The molecule has 0 N–H and O–H groups in total. The summed E-state index contributed by atoms with van der Waals surface area (Å²) in [6, 6.07) is 5.48. The number of ether oxygens (including phenoxy) is 1. The first-order valence-electron chi connectivity index (χ1n) is 7.46. The largest absolute Gasteiger partial charge is 0.490 e. The fourth-order valence-electron chi connectivity index (χ4n) is 2.30. The molecule has 0 amide bonds. The summed E-state index contributed by atoms with van der Waals surface area (Å²) < 4.78 is 31.1. The van der Waals surface area contributed by atoms with Crippen LogP contribution in [0.3, 0.4) is 0 Å². The van der Waals surface area contributed by atoms with Crippen LogP contribution in [0.1, 0.15) is 38.3 Å². The zero-order valence-electron chi connectivity index (χ0n) is 13.8. The standard InChI is InChI=1S/C16H22ClNO4S/c1-11(2)21-15-12(3)6-5-7-13(15)9-23(19,20)14-8-16(4,10-17)22-18-14/h5-7,11H,8-10H2,1-4H3. The topological polar surface area (TPSA) is 65.0 Å². The van der Waals surface area contributed by atoms with Gasteiger partial charge in [0.1, 0.15) is 5.75 Å². The summed E-state index contributed by atoms with van der Waals surface area (Å²) in [7, 11) is -3.58. The number of hydrogen-bond donors (Lipinski definition) is 0. The average Bonchev–Trinajstić information content (AvgIpc) is 2.86. The van der Waals surface area contributed by atoms with Crippen LogP contribution in [0.25, 0.3) is 0 Å². The molecule has 23 heavy (non-hydrogen) atoms. The van der Waals surface area contributed by atoms with E-state index in [1.165, 1.54) is 0 Å². The predicted molar refractivity (Wildman–Crippen MR) is 91.8 cm³/mol. The minimum Gasteiger partial charge on any atom is -0.490 e. The lowest BCUT2D eigenvalue weighted by Gasteiger charge is -2.18. The molecule has 0 saturated carbocycles. The number of alkyl halides is 1. The number of nitrogens with zero attached hydrogens (tertiary/aromatic N) is 1. The Morgan fingerprint density at radius 3 is 2.70 bits per heavy atom. The molecule has 0 spiro atoms. The first-order chi connectivity index (χ1) is 10.7. The molecule has 1 aliphatic heterocycles. The quantitative estimate of drug-likeness (QED) is 0.755. The zero-order chi connectivity index (χ0) is 17.3. The Morgan fingerprint density at radius 2 is 2.13 bits per heavy atom. The van der Waals surface area contributed by atoms with E-state index in [9.17, 15) is 8.42 Å². The summed E-state index contributed by atoms with van der Waals surface area (Å²) >= 11 is 5.81. The van der Waals surface area contributed by atoms with Crippen LogP contribution in [0, 0.1) is 6.92 Å². The van der Waals surface area contributed by atoms with E-state index in [1.807, 2.05) is 32.9 Å². The first kappa shape index (κ1) is 18.1. The molecule has 1 atom stereocenters. The summed E-state index contributed by atoms with van der Waals surface area (Å²) in [6.07, 6.45) is 0.148. The van der Waals surface area contributed by atoms with E-state index in [1.54, 1.807) is 13.0 Å². The van der Waals surface area contributed by atoms with Crippen molar-refractivity contribution >= 4 is 26.5 Å². The van der Waals surface area contributed by atoms with Gasteiger partial charge in [-0.15, -0.1) is 11.6 Å². The minimum absolute atomic E-state index is 0.0377. The number of para-hydroxylation sites is 1. The van der Waals surface area contributed by atoms with Crippen LogP contribution in [0.4, 0.5) is 0 Å². The van der Waals surface area contributed by atoms with Crippen LogP contribution in [0.15, 0.2) is 23.4 Å². The minimum atomic E-state index is -3.58. The predicted octanol–water partition coefficient (Wildman–Crippen LogP) is 3.43. The molecule has 0 radical (unpaired) electrons. The van der Waals surface area contributed by atoms with Gasteiger partial charge in [-0.1, -0.05) is 23.4 Å². The van der Waals surface area contributed by atoms with Crippen molar-refractivity contribution in [2.24, 2.45) is 5.16 Å². The number of oxime groups is 1. The average molecular weight is 360 g/mol. The highest BCUT2D eigenvalue weighted by atomic mass is 35.5. The summed E-state index contributed by atoms with van der Waals surface area (Å²) in [5.74, 6) is 0.629. The number of rotatable bonds is 5. The summed E-state index contributed by atoms with van der Waals surface area (Å²) in [6.45, 7) is 7.46. The third-order valence-corrected chi connectivity index (χ3v) is 5.72. The molecule has 0 bridgehead atoms. The van der Waals surface area contributed by atoms with E-state index in [0.717, 1.165) is 5.56 Å². The fourth-order valence-corrected chi connectivity index (χ4v) is 3.93. The molecule has 0 aromatic heterocycles. The Morgan fingerprint density at radius 1 is 1.43 bits per heavy atom. The lowest BCUT2D eigenvalue weighted by molar-refractivity contribution is 0.0152. The Labute approximate surface area is 142 Å².